The number of hydrogen-bond acceptors (Lipinski definition) is 1. The molecule has 0 saturated heterocycles. The van der Waals surface area contributed by atoms with E-state index in [1.54, 1.807) is 6.07 Å². The minimum atomic E-state index is -1.40. The minimum Gasteiger partial charge on any atom is -0.384 e. The lowest BCUT2D eigenvalue weighted by Crippen LogP contribution is -2.05. The van der Waals surface area contributed by atoms with E-state index in [4.69, 9.17) is 0 Å². The molecule has 2 rings (SSSR count). The molecule has 100 valence electrons. The summed E-state index contributed by atoms with van der Waals surface area (Å²) in [5.74, 6) is -2.81. The van der Waals surface area contributed by atoms with E-state index in [9.17, 15) is 18.3 Å². The molecule has 0 heterocycles. The normalized spacial score (nSPS) is 12.5. The smallest absolute Gasteiger partial charge is 0.173 e. The summed E-state index contributed by atoms with van der Waals surface area (Å²) in [7, 11) is 0. The third kappa shape index (κ3) is 2.70. The van der Waals surface area contributed by atoms with E-state index < -0.39 is 23.6 Å². The van der Waals surface area contributed by atoms with E-state index in [1.807, 2.05) is 0 Å². The number of halogens is 5. The second-order valence-corrected chi connectivity index (χ2v) is 5.46. The molecule has 2 aromatic carbocycles. The van der Waals surface area contributed by atoms with Crippen LogP contribution < -0.4 is 0 Å². The lowest BCUT2D eigenvalue weighted by Gasteiger charge is -2.15. The topological polar surface area (TPSA) is 20.2 Å². The second-order valence-electron chi connectivity index (χ2n) is 3.81. The van der Waals surface area contributed by atoms with Gasteiger partial charge in [-0.3, -0.25) is 0 Å². The van der Waals surface area contributed by atoms with Crippen molar-refractivity contribution in [3.63, 3.8) is 0 Å². The molecule has 0 aliphatic carbocycles. The van der Waals surface area contributed by atoms with Crippen LogP contribution in [0.25, 0.3) is 0 Å². The van der Waals surface area contributed by atoms with Crippen LogP contribution in [0, 0.1) is 17.5 Å². The highest BCUT2D eigenvalue weighted by Crippen LogP contribution is 2.34. The van der Waals surface area contributed by atoms with Gasteiger partial charge in [-0.15, -0.1) is 0 Å². The first-order chi connectivity index (χ1) is 8.93. The van der Waals surface area contributed by atoms with Gasteiger partial charge in [0.1, 0.15) is 11.9 Å². The van der Waals surface area contributed by atoms with E-state index in [1.165, 1.54) is 18.2 Å². The largest absolute Gasteiger partial charge is 0.384 e. The highest BCUT2D eigenvalue weighted by Gasteiger charge is 2.21. The Balaban J connectivity index is 2.53. The predicted molar refractivity (Wildman–Crippen MR) is 72.2 cm³/mol. The van der Waals surface area contributed by atoms with Gasteiger partial charge in [0, 0.05) is 11.1 Å². The summed E-state index contributed by atoms with van der Waals surface area (Å²) in [6, 6.07) is 6.48. The van der Waals surface area contributed by atoms with E-state index in [0.717, 1.165) is 6.07 Å². The first kappa shape index (κ1) is 14.6. The Hall–Kier alpha value is -0.850. The van der Waals surface area contributed by atoms with Crippen molar-refractivity contribution in [3.05, 3.63) is 67.9 Å². The molecule has 1 unspecified atom stereocenters. The molecule has 1 atom stereocenters. The molecule has 19 heavy (non-hydrogen) atoms. The molecule has 0 amide bonds. The molecule has 0 aromatic heterocycles. The molecule has 6 heteroatoms. The Morgan fingerprint density at radius 3 is 2.26 bits per heavy atom. The van der Waals surface area contributed by atoms with Crippen LogP contribution in [0.15, 0.2) is 39.3 Å². The summed E-state index contributed by atoms with van der Waals surface area (Å²) < 4.78 is 40.2. The van der Waals surface area contributed by atoms with Crippen LogP contribution in [-0.4, -0.2) is 5.11 Å². The van der Waals surface area contributed by atoms with Gasteiger partial charge < -0.3 is 5.11 Å². The van der Waals surface area contributed by atoms with Gasteiger partial charge in [0.15, 0.2) is 11.6 Å². The van der Waals surface area contributed by atoms with Gasteiger partial charge in [0.2, 0.25) is 0 Å². The third-order valence-electron chi connectivity index (χ3n) is 2.64. The molecule has 0 radical (unpaired) electrons. The molecule has 0 aliphatic rings. The maximum atomic E-state index is 13.9. The van der Waals surface area contributed by atoms with Gasteiger partial charge >= 0.3 is 0 Å². The SMILES string of the molecule is OC(c1cccc(Br)c1F)c1ccc(F)c(F)c1Br. The monoisotopic (exact) mass is 394 g/mol. The van der Waals surface area contributed by atoms with Crippen molar-refractivity contribution in [1.29, 1.82) is 0 Å². The van der Waals surface area contributed by atoms with Gasteiger partial charge in [-0.05, 0) is 44.0 Å². The van der Waals surface area contributed by atoms with Gasteiger partial charge in [-0.2, -0.15) is 0 Å². The highest BCUT2D eigenvalue weighted by molar-refractivity contribution is 9.10. The zero-order chi connectivity index (χ0) is 14.2. The minimum absolute atomic E-state index is 0.0268. The van der Waals surface area contributed by atoms with Crippen LogP contribution in [0.4, 0.5) is 13.2 Å². The fourth-order valence-corrected chi connectivity index (χ4v) is 2.57. The molecule has 0 bridgehead atoms. The Labute approximate surface area is 124 Å². The molecule has 2 aromatic rings. The molecule has 0 aliphatic heterocycles. The number of aliphatic hydroxyl groups excluding tert-OH is 1. The maximum Gasteiger partial charge on any atom is 0.173 e. The average molecular weight is 396 g/mol. The summed E-state index contributed by atoms with van der Waals surface area (Å²) in [5, 5.41) is 10.1. The number of rotatable bonds is 2. The summed E-state index contributed by atoms with van der Waals surface area (Å²) in [6.07, 6.45) is -1.40. The Bertz CT molecular complexity index is 632. The standard InChI is InChI=1S/C13H7Br2F3O/c14-8-3-1-2-7(11(8)17)13(19)6-4-5-9(16)12(18)10(6)15/h1-5,13,19H. The first-order valence-electron chi connectivity index (χ1n) is 5.19. The van der Waals surface area contributed by atoms with Crippen molar-refractivity contribution in [3.8, 4) is 0 Å². The van der Waals surface area contributed by atoms with Crippen molar-refractivity contribution in [2.45, 2.75) is 6.10 Å². The average Bonchev–Trinajstić information content (AvgIpc) is 2.39. The van der Waals surface area contributed by atoms with Crippen LogP contribution in [0.2, 0.25) is 0 Å². The lowest BCUT2D eigenvalue weighted by molar-refractivity contribution is 0.213. The second kappa shape index (κ2) is 5.64. The lowest BCUT2D eigenvalue weighted by atomic mass is 10.0. The van der Waals surface area contributed by atoms with Gasteiger partial charge in [0.25, 0.3) is 0 Å². The van der Waals surface area contributed by atoms with Crippen LogP contribution in [0.1, 0.15) is 17.2 Å². The first-order valence-corrected chi connectivity index (χ1v) is 6.77. The number of aliphatic hydroxyl groups is 1. The van der Waals surface area contributed by atoms with Gasteiger partial charge in [0.05, 0.1) is 8.95 Å². The van der Waals surface area contributed by atoms with Crippen molar-refractivity contribution in [1.82, 2.24) is 0 Å². The third-order valence-corrected chi connectivity index (χ3v) is 4.05. The maximum absolute atomic E-state index is 13.9. The fraction of sp³-hybridized carbons (Fsp3) is 0.0769. The van der Waals surface area contributed by atoms with Crippen molar-refractivity contribution in [2.24, 2.45) is 0 Å². The number of hydrogen-bond donors (Lipinski definition) is 1. The van der Waals surface area contributed by atoms with E-state index >= 15 is 0 Å². The summed E-state index contributed by atoms with van der Waals surface area (Å²) in [5.41, 5.74) is 0.0250. The Kier molecular flexibility index (Phi) is 4.32. The van der Waals surface area contributed by atoms with Crippen LogP contribution in [-0.2, 0) is 0 Å². The molecule has 0 spiro atoms. The molecule has 1 nitrogen and oxygen atoms in total. The zero-order valence-electron chi connectivity index (χ0n) is 9.30. The van der Waals surface area contributed by atoms with Gasteiger partial charge in [-0.1, -0.05) is 18.2 Å². The predicted octanol–water partition coefficient (Wildman–Crippen LogP) is 4.71. The van der Waals surface area contributed by atoms with E-state index in [0.29, 0.717) is 0 Å². The molecular formula is C13H7Br2F3O. The summed E-state index contributed by atoms with van der Waals surface area (Å²) >= 11 is 5.86. The Morgan fingerprint density at radius 1 is 0.895 bits per heavy atom. The van der Waals surface area contributed by atoms with Crippen LogP contribution in [0.3, 0.4) is 0 Å². The molecule has 0 fully saturated rings. The number of benzene rings is 2. The Morgan fingerprint density at radius 2 is 1.58 bits per heavy atom. The summed E-state index contributed by atoms with van der Waals surface area (Å²) in [6.45, 7) is 0. The zero-order valence-corrected chi connectivity index (χ0v) is 12.5. The van der Waals surface area contributed by atoms with Crippen molar-refractivity contribution < 1.29 is 18.3 Å². The van der Waals surface area contributed by atoms with Crippen LogP contribution >= 0.6 is 31.9 Å². The van der Waals surface area contributed by atoms with Crippen molar-refractivity contribution >= 4 is 31.9 Å². The van der Waals surface area contributed by atoms with Crippen LogP contribution in [0.5, 0.6) is 0 Å². The quantitative estimate of drug-likeness (QED) is 0.730. The molecule has 0 saturated carbocycles. The van der Waals surface area contributed by atoms with Gasteiger partial charge in [-0.25, -0.2) is 13.2 Å². The van der Waals surface area contributed by atoms with Crippen molar-refractivity contribution in [2.75, 3.05) is 0 Å². The highest BCUT2D eigenvalue weighted by atomic mass is 79.9. The molecular weight excluding hydrogens is 389 g/mol. The van der Waals surface area contributed by atoms with E-state index in [-0.39, 0.29) is 20.1 Å². The fourth-order valence-electron chi connectivity index (χ4n) is 1.65. The summed E-state index contributed by atoms with van der Waals surface area (Å²) in [4.78, 5) is 0. The van der Waals surface area contributed by atoms with E-state index in [2.05, 4.69) is 31.9 Å². The molecule has 1 N–H and O–H groups in total.